The molecule has 2 rings (SSSR count). The molecule has 24 heavy (non-hydrogen) atoms. The van der Waals surface area contributed by atoms with Gasteiger partial charge in [0, 0.05) is 19.3 Å². The van der Waals surface area contributed by atoms with Crippen LogP contribution in [0.5, 0.6) is 0 Å². The van der Waals surface area contributed by atoms with E-state index in [4.69, 9.17) is 9.47 Å². The maximum atomic E-state index is 11.9. The highest BCUT2D eigenvalue weighted by molar-refractivity contribution is 7.93. The van der Waals surface area contributed by atoms with Crippen LogP contribution < -0.4 is 9.03 Å². The zero-order chi connectivity index (χ0) is 17.6. The third-order valence-corrected chi connectivity index (χ3v) is 6.58. The summed E-state index contributed by atoms with van der Waals surface area (Å²) in [6, 6.07) is 6.28. The first kappa shape index (κ1) is 19.0. The fourth-order valence-electron chi connectivity index (χ4n) is 2.27. The van der Waals surface area contributed by atoms with E-state index in [0.29, 0.717) is 37.6 Å². The van der Waals surface area contributed by atoms with Crippen LogP contribution in [0.25, 0.3) is 0 Å². The molecule has 1 aliphatic heterocycles. The van der Waals surface area contributed by atoms with Gasteiger partial charge in [0.05, 0.1) is 37.0 Å². The first-order valence-electron chi connectivity index (χ1n) is 7.52. The molecule has 1 saturated heterocycles. The van der Waals surface area contributed by atoms with Gasteiger partial charge in [0.25, 0.3) is 0 Å². The summed E-state index contributed by atoms with van der Waals surface area (Å²) >= 11 is 0. The van der Waals surface area contributed by atoms with Crippen LogP contribution in [0.15, 0.2) is 24.3 Å². The standard InChI is InChI=1S/C14H22N2O6S2/c1-21-8-9-22-10-12-23(17,18)15-13-3-5-14(6-4-13)16-7-2-11-24(16,19)20/h3-6,15H,2,7-12H2,1H3. The SMILES string of the molecule is COCCOCCS(=O)(=O)Nc1ccc(N2CCCS2(=O)=O)cc1. The van der Waals surface area contributed by atoms with E-state index in [2.05, 4.69) is 4.72 Å². The lowest BCUT2D eigenvalue weighted by atomic mass is 10.3. The molecule has 10 heteroatoms. The Balaban J connectivity index is 1.91. The monoisotopic (exact) mass is 378 g/mol. The Kier molecular flexibility index (Phi) is 6.44. The molecule has 0 aliphatic carbocycles. The van der Waals surface area contributed by atoms with Crippen molar-refractivity contribution in [3.05, 3.63) is 24.3 Å². The Morgan fingerprint density at radius 1 is 1.17 bits per heavy atom. The maximum absolute atomic E-state index is 11.9. The van der Waals surface area contributed by atoms with Gasteiger partial charge < -0.3 is 9.47 Å². The average Bonchev–Trinajstić information content (AvgIpc) is 2.87. The largest absolute Gasteiger partial charge is 0.382 e. The van der Waals surface area contributed by atoms with Crippen molar-refractivity contribution in [1.29, 1.82) is 0 Å². The molecular weight excluding hydrogens is 356 g/mol. The first-order valence-corrected chi connectivity index (χ1v) is 10.8. The van der Waals surface area contributed by atoms with Gasteiger partial charge in [-0.05, 0) is 30.7 Å². The van der Waals surface area contributed by atoms with Crippen molar-refractivity contribution in [2.45, 2.75) is 6.42 Å². The minimum atomic E-state index is -3.52. The number of ether oxygens (including phenoxy) is 2. The van der Waals surface area contributed by atoms with Gasteiger partial charge in [-0.25, -0.2) is 16.8 Å². The molecule has 1 aliphatic rings. The number of anilines is 2. The van der Waals surface area contributed by atoms with E-state index in [9.17, 15) is 16.8 Å². The predicted octanol–water partition coefficient (Wildman–Crippen LogP) is 0.631. The summed E-state index contributed by atoms with van der Waals surface area (Å²) in [4.78, 5) is 0. The molecule has 0 saturated carbocycles. The van der Waals surface area contributed by atoms with Crippen molar-refractivity contribution in [3.63, 3.8) is 0 Å². The van der Waals surface area contributed by atoms with E-state index in [1.54, 1.807) is 31.4 Å². The van der Waals surface area contributed by atoms with Crippen LogP contribution in [0.2, 0.25) is 0 Å². The predicted molar refractivity (Wildman–Crippen MR) is 92.3 cm³/mol. The lowest BCUT2D eigenvalue weighted by Crippen LogP contribution is -2.25. The average molecular weight is 378 g/mol. The number of methoxy groups -OCH3 is 1. The lowest BCUT2D eigenvalue weighted by molar-refractivity contribution is 0.0785. The number of sulfonamides is 2. The van der Waals surface area contributed by atoms with Crippen molar-refractivity contribution in [3.8, 4) is 0 Å². The van der Waals surface area contributed by atoms with Crippen LogP contribution in [-0.2, 0) is 29.5 Å². The van der Waals surface area contributed by atoms with Crippen molar-refractivity contribution in [2.75, 3.05) is 54.0 Å². The molecule has 1 heterocycles. The highest BCUT2D eigenvalue weighted by atomic mass is 32.2. The van der Waals surface area contributed by atoms with Crippen LogP contribution in [0.3, 0.4) is 0 Å². The second kappa shape index (κ2) is 8.15. The first-order chi connectivity index (χ1) is 11.3. The highest BCUT2D eigenvalue weighted by Crippen LogP contribution is 2.25. The smallest absolute Gasteiger partial charge is 0.235 e. The molecular formula is C14H22N2O6S2. The lowest BCUT2D eigenvalue weighted by Gasteiger charge is -2.17. The van der Waals surface area contributed by atoms with Gasteiger partial charge in [-0.1, -0.05) is 0 Å². The van der Waals surface area contributed by atoms with Crippen LogP contribution in [0.4, 0.5) is 11.4 Å². The maximum Gasteiger partial charge on any atom is 0.235 e. The molecule has 0 bridgehead atoms. The number of rotatable bonds is 9. The molecule has 1 aromatic carbocycles. The normalized spacial score (nSPS) is 17.1. The fourth-order valence-corrected chi connectivity index (χ4v) is 4.77. The molecule has 0 atom stereocenters. The number of nitrogens with zero attached hydrogens (tertiary/aromatic N) is 1. The Hall–Kier alpha value is -1.36. The van der Waals surface area contributed by atoms with Crippen LogP contribution >= 0.6 is 0 Å². The Morgan fingerprint density at radius 3 is 2.46 bits per heavy atom. The Morgan fingerprint density at radius 2 is 1.88 bits per heavy atom. The summed E-state index contributed by atoms with van der Waals surface area (Å²) in [5.74, 6) is -0.0244. The molecule has 1 fully saturated rings. The minimum absolute atomic E-state index is 0.0722. The fraction of sp³-hybridized carbons (Fsp3) is 0.571. The summed E-state index contributed by atoms with van der Waals surface area (Å²) < 4.78 is 61.3. The van der Waals surface area contributed by atoms with Crippen molar-refractivity contribution in [1.82, 2.24) is 0 Å². The second-order valence-corrected chi connectivity index (χ2v) is 9.17. The van der Waals surface area contributed by atoms with Crippen LogP contribution in [0.1, 0.15) is 6.42 Å². The van der Waals surface area contributed by atoms with Crippen LogP contribution in [-0.4, -0.2) is 61.8 Å². The van der Waals surface area contributed by atoms with E-state index in [1.165, 1.54) is 4.31 Å². The third-order valence-electron chi connectivity index (χ3n) is 3.46. The summed E-state index contributed by atoms with van der Waals surface area (Å²) in [6.45, 7) is 1.27. The zero-order valence-electron chi connectivity index (χ0n) is 13.5. The highest BCUT2D eigenvalue weighted by Gasteiger charge is 2.28. The van der Waals surface area contributed by atoms with Crippen molar-refractivity contribution >= 4 is 31.4 Å². The van der Waals surface area contributed by atoms with E-state index in [1.807, 2.05) is 0 Å². The van der Waals surface area contributed by atoms with Gasteiger partial charge in [-0.3, -0.25) is 9.03 Å². The molecule has 8 nitrogen and oxygen atoms in total. The van der Waals surface area contributed by atoms with Gasteiger partial charge >= 0.3 is 0 Å². The number of benzene rings is 1. The molecule has 1 aromatic rings. The topological polar surface area (TPSA) is 102 Å². The van der Waals surface area contributed by atoms with Gasteiger partial charge in [0.2, 0.25) is 20.0 Å². The summed E-state index contributed by atoms with van der Waals surface area (Å²) in [5.41, 5.74) is 0.922. The number of hydrogen-bond acceptors (Lipinski definition) is 6. The Bertz CT molecular complexity index is 731. The number of nitrogens with one attached hydrogen (secondary N) is 1. The van der Waals surface area contributed by atoms with Crippen molar-refractivity contribution < 1.29 is 26.3 Å². The van der Waals surface area contributed by atoms with Crippen LogP contribution in [0, 0.1) is 0 Å². The molecule has 0 unspecified atom stereocenters. The van der Waals surface area contributed by atoms with E-state index in [-0.39, 0.29) is 18.1 Å². The molecule has 0 spiro atoms. The van der Waals surface area contributed by atoms with Gasteiger partial charge in [0.15, 0.2) is 0 Å². The molecule has 0 radical (unpaired) electrons. The summed E-state index contributed by atoms with van der Waals surface area (Å²) in [7, 11) is -5.22. The quantitative estimate of drug-likeness (QED) is 0.633. The summed E-state index contributed by atoms with van der Waals surface area (Å²) in [5, 5.41) is 0. The molecule has 0 aromatic heterocycles. The minimum Gasteiger partial charge on any atom is -0.382 e. The van der Waals surface area contributed by atoms with E-state index in [0.717, 1.165) is 0 Å². The molecule has 0 amide bonds. The molecule has 136 valence electrons. The van der Waals surface area contributed by atoms with E-state index < -0.39 is 20.0 Å². The van der Waals surface area contributed by atoms with Gasteiger partial charge in [-0.2, -0.15) is 0 Å². The summed E-state index contributed by atoms with van der Waals surface area (Å²) in [6.07, 6.45) is 0.597. The van der Waals surface area contributed by atoms with E-state index >= 15 is 0 Å². The van der Waals surface area contributed by atoms with Crippen molar-refractivity contribution in [2.24, 2.45) is 0 Å². The third kappa shape index (κ3) is 5.33. The molecule has 1 N–H and O–H groups in total. The number of hydrogen-bond donors (Lipinski definition) is 1. The van der Waals surface area contributed by atoms with Gasteiger partial charge in [0.1, 0.15) is 0 Å². The zero-order valence-corrected chi connectivity index (χ0v) is 15.1. The second-order valence-electron chi connectivity index (χ2n) is 5.31. The van der Waals surface area contributed by atoms with Gasteiger partial charge in [-0.15, -0.1) is 0 Å². The Labute approximate surface area is 142 Å².